The first-order valence-corrected chi connectivity index (χ1v) is 6.49. The Bertz CT molecular complexity index is 347. The summed E-state index contributed by atoms with van der Waals surface area (Å²) in [6.45, 7) is 8.07. The van der Waals surface area contributed by atoms with E-state index >= 15 is 0 Å². The molecule has 17 heavy (non-hydrogen) atoms. The first kappa shape index (κ1) is 12.6. The standard InChI is InChI=1S/C15H23NO/c1-15(2)12-16(9-8-14(15)11-17)10-13-6-4-3-5-7-13/h3-7,14,17H,8-12H2,1-2H3. The molecule has 1 unspecified atom stereocenters. The predicted octanol–water partition coefficient (Wildman–Crippen LogP) is 2.53. The van der Waals surface area contributed by atoms with Crippen molar-refractivity contribution in [2.45, 2.75) is 26.8 Å². The maximum absolute atomic E-state index is 9.38. The summed E-state index contributed by atoms with van der Waals surface area (Å²) in [5.74, 6) is 0.453. The second-order valence-electron chi connectivity index (χ2n) is 5.85. The molecular formula is C15H23NO. The quantitative estimate of drug-likeness (QED) is 0.867. The molecule has 1 heterocycles. The lowest BCUT2D eigenvalue weighted by Crippen LogP contribution is -2.46. The Balaban J connectivity index is 1.97. The minimum absolute atomic E-state index is 0.224. The summed E-state index contributed by atoms with van der Waals surface area (Å²) in [5.41, 5.74) is 1.60. The van der Waals surface area contributed by atoms with Crippen LogP contribution >= 0.6 is 0 Å². The van der Waals surface area contributed by atoms with Crippen molar-refractivity contribution in [1.82, 2.24) is 4.90 Å². The predicted molar refractivity (Wildman–Crippen MR) is 70.7 cm³/mol. The minimum Gasteiger partial charge on any atom is -0.396 e. The van der Waals surface area contributed by atoms with Gasteiger partial charge in [0.1, 0.15) is 0 Å². The van der Waals surface area contributed by atoms with Crippen LogP contribution in [0.5, 0.6) is 0 Å². The summed E-state index contributed by atoms with van der Waals surface area (Å²) in [5, 5.41) is 9.38. The highest BCUT2D eigenvalue weighted by atomic mass is 16.3. The van der Waals surface area contributed by atoms with E-state index in [1.54, 1.807) is 0 Å². The van der Waals surface area contributed by atoms with Crippen molar-refractivity contribution < 1.29 is 5.11 Å². The number of rotatable bonds is 3. The Morgan fingerprint density at radius 1 is 1.29 bits per heavy atom. The van der Waals surface area contributed by atoms with Gasteiger partial charge in [-0.05, 0) is 29.9 Å². The highest BCUT2D eigenvalue weighted by molar-refractivity contribution is 5.14. The summed E-state index contributed by atoms with van der Waals surface area (Å²) in [6, 6.07) is 10.6. The van der Waals surface area contributed by atoms with Crippen molar-refractivity contribution in [2.24, 2.45) is 11.3 Å². The van der Waals surface area contributed by atoms with Crippen LogP contribution < -0.4 is 0 Å². The normalized spacial score (nSPS) is 24.8. The van der Waals surface area contributed by atoms with Crippen molar-refractivity contribution in [2.75, 3.05) is 19.7 Å². The number of aliphatic hydroxyl groups excluding tert-OH is 1. The monoisotopic (exact) mass is 233 g/mol. The Hall–Kier alpha value is -0.860. The molecule has 1 aromatic rings. The molecule has 94 valence electrons. The molecular weight excluding hydrogens is 210 g/mol. The molecule has 0 spiro atoms. The minimum atomic E-state index is 0.224. The smallest absolute Gasteiger partial charge is 0.0465 e. The second kappa shape index (κ2) is 5.19. The molecule has 1 aliphatic rings. The van der Waals surface area contributed by atoms with Crippen molar-refractivity contribution in [3.63, 3.8) is 0 Å². The van der Waals surface area contributed by atoms with Gasteiger partial charge < -0.3 is 5.11 Å². The maximum atomic E-state index is 9.38. The van der Waals surface area contributed by atoms with Crippen molar-refractivity contribution in [1.29, 1.82) is 0 Å². The van der Waals surface area contributed by atoms with Gasteiger partial charge in [0.05, 0.1) is 0 Å². The van der Waals surface area contributed by atoms with E-state index in [1.807, 2.05) is 0 Å². The SMILES string of the molecule is CC1(C)CN(Cc2ccccc2)CCC1CO. The summed E-state index contributed by atoms with van der Waals surface area (Å²) >= 11 is 0. The van der Waals surface area contributed by atoms with E-state index in [4.69, 9.17) is 0 Å². The molecule has 1 aromatic carbocycles. The van der Waals surface area contributed by atoms with E-state index in [0.717, 1.165) is 26.1 Å². The van der Waals surface area contributed by atoms with Gasteiger partial charge in [-0.25, -0.2) is 0 Å². The Morgan fingerprint density at radius 3 is 2.59 bits per heavy atom. The lowest BCUT2D eigenvalue weighted by atomic mass is 9.74. The molecule has 0 radical (unpaired) electrons. The van der Waals surface area contributed by atoms with Gasteiger partial charge in [0.15, 0.2) is 0 Å². The van der Waals surface area contributed by atoms with E-state index in [1.165, 1.54) is 5.56 Å². The van der Waals surface area contributed by atoms with Crippen LogP contribution in [0.15, 0.2) is 30.3 Å². The van der Waals surface area contributed by atoms with Crippen LogP contribution in [-0.4, -0.2) is 29.7 Å². The molecule has 1 aliphatic heterocycles. The Labute approximate surface area is 104 Å². The van der Waals surface area contributed by atoms with Crippen molar-refractivity contribution in [3.8, 4) is 0 Å². The van der Waals surface area contributed by atoms with Crippen LogP contribution in [0.2, 0.25) is 0 Å². The summed E-state index contributed by atoms with van der Waals surface area (Å²) in [6.07, 6.45) is 1.11. The van der Waals surface area contributed by atoms with Gasteiger partial charge in [-0.1, -0.05) is 44.2 Å². The van der Waals surface area contributed by atoms with Gasteiger partial charge >= 0.3 is 0 Å². The average Bonchev–Trinajstić information content (AvgIpc) is 2.29. The van der Waals surface area contributed by atoms with E-state index in [9.17, 15) is 5.11 Å². The number of likely N-dealkylation sites (tertiary alicyclic amines) is 1. The highest BCUT2D eigenvalue weighted by Crippen LogP contribution is 2.34. The molecule has 1 atom stereocenters. The molecule has 0 bridgehead atoms. The zero-order valence-electron chi connectivity index (χ0n) is 10.9. The van der Waals surface area contributed by atoms with E-state index < -0.39 is 0 Å². The van der Waals surface area contributed by atoms with Gasteiger partial charge in [0.25, 0.3) is 0 Å². The van der Waals surface area contributed by atoms with Gasteiger partial charge in [-0.15, -0.1) is 0 Å². The largest absolute Gasteiger partial charge is 0.396 e. The maximum Gasteiger partial charge on any atom is 0.0465 e. The van der Waals surface area contributed by atoms with Gasteiger partial charge in [-0.2, -0.15) is 0 Å². The third kappa shape index (κ3) is 3.08. The molecule has 2 heteroatoms. The molecule has 1 fully saturated rings. The zero-order chi connectivity index (χ0) is 12.3. The fourth-order valence-corrected chi connectivity index (χ4v) is 2.83. The van der Waals surface area contributed by atoms with Crippen molar-refractivity contribution >= 4 is 0 Å². The van der Waals surface area contributed by atoms with Crippen LogP contribution in [0.1, 0.15) is 25.8 Å². The molecule has 2 rings (SSSR count). The van der Waals surface area contributed by atoms with Gasteiger partial charge in [0, 0.05) is 19.7 Å². The first-order valence-electron chi connectivity index (χ1n) is 6.49. The molecule has 2 nitrogen and oxygen atoms in total. The molecule has 0 aromatic heterocycles. The molecule has 0 aliphatic carbocycles. The number of nitrogens with zero attached hydrogens (tertiary/aromatic N) is 1. The lowest BCUT2D eigenvalue weighted by Gasteiger charge is -2.43. The van der Waals surface area contributed by atoms with Gasteiger partial charge in [-0.3, -0.25) is 4.90 Å². The van der Waals surface area contributed by atoms with Crippen molar-refractivity contribution in [3.05, 3.63) is 35.9 Å². The summed E-state index contributed by atoms with van der Waals surface area (Å²) in [4.78, 5) is 2.50. The second-order valence-corrected chi connectivity index (χ2v) is 5.85. The number of hydrogen-bond donors (Lipinski definition) is 1. The third-order valence-corrected chi connectivity index (χ3v) is 4.00. The first-order chi connectivity index (χ1) is 8.12. The third-order valence-electron chi connectivity index (χ3n) is 4.00. The highest BCUT2D eigenvalue weighted by Gasteiger charge is 2.34. The molecule has 1 N–H and O–H groups in total. The number of piperidine rings is 1. The van der Waals surface area contributed by atoms with E-state index in [-0.39, 0.29) is 5.41 Å². The number of benzene rings is 1. The Morgan fingerprint density at radius 2 is 2.00 bits per heavy atom. The summed E-state index contributed by atoms with van der Waals surface area (Å²) in [7, 11) is 0. The van der Waals surface area contributed by atoms with Crippen LogP contribution in [-0.2, 0) is 6.54 Å². The van der Waals surface area contributed by atoms with Crippen LogP contribution in [0.3, 0.4) is 0 Å². The number of hydrogen-bond acceptors (Lipinski definition) is 2. The zero-order valence-corrected chi connectivity index (χ0v) is 10.9. The molecule has 0 amide bonds. The lowest BCUT2D eigenvalue weighted by molar-refractivity contribution is 0.0179. The molecule has 0 saturated carbocycles. The fourth-order valence-electron chi connectivity index (χ4n) is 2.83. The van der Waals surface area contributed by atoms with Crippen LogP contribution in [0, 0.1) is 11.3 Å². The number of aliphatic hydroxyl groups is 1. The average molecular weight is 233 g/mol. The van der Waals surface area contributed by atoms with E-state index in [0.29, 0.717) is 12.5 Å². The van der Waals surface area contributed by atoms with E-state index in [2.05, 4.69) is 49.1 Å². The Kier molecular flexibility index (Phi) is 3.85. The van der Waals surface area contributed by atoms with Gasteiger partial charge in [0.2, 0.25) is 0 Å². The van der Waals surface area contributed by atoms with Crippen LogP contribution in [0.25, 0.3) is 0 Å². The summed E-state index contributed by atoms with van der Waals surface area (Å²) < 4.78 is 0. The molecule has 1 saturated heterocycles. The topological polar surface area (TPSA) is 23.5 Å². The van der Waals surface area contributed by atoms with Crippen LogP contribution in [0.4, 0.5) is 0 Å². The fraction of sp³-hybridized carbons (Fsp3) is 0.600.